The Bertz CT molecular complexity index is 446. The highest BCUT2D eigenvalue weighted by molar-refractivity contribution is 7.91. The third-order valence-electron chi connectivity index (χ3n) is 3.49. The second-order valence-electron chi connectivity index (χ2n) is 5.47. The zero-order valence-electron chi connectivity index (χ0n) is 11.8. The Labute approximate surface area is 119 Å². The summed E-state index contributed by atoms with van der Waals surface area (Å²) < 4.78 is 22.5. The Balaban J connectivity index is 2.35. The van der Waals surface area contributed by atoms with Gasteiger partial charge in [0.15, 0.2) is 0 Å². The van der Waals surface area contributed by atoms with Crippen LogP contribution in [0, 0.1) is 11.8 Å². The smallest absolute Gasteiger partial charge is 0.315 e. The largest absolute Gasteiger partial charge is 0.481 e. The molecule has 116 valence electrons. The Morgan fingerprint density at radius 1 is 1.25 bits per heavy atom. The van der Waals surface area contributed by atoms with Crippen molar-refractivity contribution in [3.63, 3.8) is 0 Å². The highest BCUT2D eigenvalue weighted by atomic mass is 32.2. The molecule has 3 N–H and O–H groups in total. The van der Waals surface area contributed by atoms with E-state index in [-0.39, 0.29) is 30.0 Å². The van der Waals surface area contributed by atoms with Crippen LogP contribution in [0.4, 0.5) is 4.79 Å². The fourth-order valence-corrected chi connectivity index (χ4v) is 3.57. The van der Waals surface area contributed by atoms with Crippen molar-refractivity contribution in [3.05, 3.63) is 0 Å². The van der Waals surface area contributed by atoms with Gasteiger partial charge in [0.05, 0.1) is 17.4 Å². The van der Waals surface area contributed by atoms with Gasteiger partial charge in [0.1, 0.15) is 9.84 Å². The summed E-state index contributed by atoms with van der Waals surface area (Å²) in [6, 6.07) is -0.609. The Kier molecular flexibility index (Phi) is 5.79. The van der Waals surface area contributed by atoms with E-state index in [0.29, 0.717) is 12.8 Å². The molecule has 1 rings (SSSR count). The minimum absolute atomic E-state index is 0.0594. The zero-order chi connectivity index (χ0) is 15.3. The highest BCUT2D eigenvalue weighted by Gasteiger charge is 2.26. The van der Waals surface area contributed by atoms with E-state index in [1.165, 1.54) is 0 Å². The van der Waals surface area contributed by atoms with Crippen LogP contribution in [0.2, 0.25) is 0 Å². The lowest BCUT2D eigenvalue weighted by molar-refractivity contribution is -0.142. The summed E-state index contributed by atoms with van der Waals surface area (Å²) in [4.78, 5) is 22.6. The average molecular weight is 306 g/mol. The molecular formula is C12H22N2O5S. The molecule has 1 heterocycles. The van der Waals surface area contributed by atoms with Gasteiger partial charge in [0.25, 0.3) is 0 Å². The standard InChI is InChI=1S/C12H22N2O5S/c1-8(2)10(11(15)16)7-13-12(17)14-9-3-5-20(18,19)6-4-9/h8-10H,3-7H2,1-2H3,(H,15,16)(H2,13,14,17). The maximum atomic E-state index is 11.7. The Hall–Kier alpha value is -1.31. The van der Waals surface area contributed by atoms with Gasteiger partial charge in [-0.3, -0.25) is 4.79 Å². The van der Waals surface area contributed by atoms with Gasteiger partial charge in [-0.25, -0.2) is 13.2 Å². The number of carbonyl (C=O) groups is 2. The van der Waals surface area contributed by atoms with Crippen molar-refractivity contribution in [3.8, 4) is 0 Å². The van der Waals surface area contributed by atoms with Crippen LogP contribution >= 0.6 is 0 Å². The first kappa shape index (κ1) is 16.7. The first-order valence-corrected chi connectivity index (χ1v) is 8.51. The van der Waals surface area contributed by atoms with Crippen LogP contribution in [0.1, 0.15) is 26.7 Å². The minimum atomic E-state index is -2.95. The molecule has 1 unspecified atom stereocenters. The predicted octanol–water partition coefficient (Wildman–Crippen LogP) is 0.220. The van der Waals surface area contributed by atoms with Crippen LogP contribution in [0.15, 0.2) is 0 Å². The second-order valence-corrected chi connectivity index (χ2v) is 7.77. The number of urea groups is 1. The molecule has 8 heteroatoms. The summed E-state index contributed by atoms with van der Waals surface area (Å²) in [6.45, 7) is 3.62. The molecule has 0 saturated carbocycles. The topological polar surface area (TPSA) is 113 Å². The quantitative estimate of drug-likeness (QED) is 0.672. The number of amides is 2. The van der Waals surface area contributed by atoms with Crippen molar-refractivity contribution in [2.24, 2.45) is 11.8 Å². The molecule has 1 fully saturated rings. The van der Waals surface area contributed by atoms with E-state index in [9.17, 15) is 18.0 Å². The van der Waals surface area contributed by atoms with Gasteiger partial charge in [-0.15, -0.1) is 0 Å². The minimum Gasteiger partial charge on any atom is -0.481 e. The number of hydrogen-bond donors (Lipinski definition) is 3. The summed E-state index contributed by atoms with van der Waals surface area (Å²) in [6.07, 6.45) is 0.810. The van der Waals surface area contributed by atoms with E-state index in [1.807, 2.05) is 0 Å². The number of nitrogens with one attached hydrogen (secondary N) is 2. The molecular weight excluding hydrogens is 284 g/mol. The van der Waals surface area contributed by atoms with E-state index in [0.717, 1.165) is 0 Å². The molecule has 1 saturated heterocycles. The van der Waals surface area contributed by atoms with E-state index < -0.39 is 27.8 Å². The lowest BCUT2D eigenvalue weighted by Crippen LogP contribution is -2.47. The summed E-state index contributed by atoms with van der Waals surface area (Å²) in [5.41, 5.74) is 0. The van der Waals surface area contributed by atoms with Crippen molar-refractivity contribution >= 4 is 21.8 Å². The molecule has 0 spiro atoms. The van der Waals surface area contributed by atoms with Gasteiger partial charge in [-0.05, 0) is 18.8 Å². The maximum absolute atomic E-state index is 11.7. The van der Waals surface area contributed by atoms with Crippen LogP contribution in [-0.2, 0) is 14.6 Å². The van der Waals surface area contributed by atoms with Crippen LogP contribution in [-0.4, -0.2) is 49.6 Å². The fourth-order valence-electron chi connectivity index (χ4n) is 2.08. The molecule has 20 heavy (non-hydrogen) atoms. The van der Waals surface area contributed by atoms with Crippen LogP contribution in [0.3, 0.4) is 0 Å². The van der Waals surface area contributed by atoms with Crippen molar-refractivity contribution in [1.82, 2.24) is 10.6 Å². The third-order valence-corrected chi connectivity index (χ3v) is 5.21. The molecule has 0 aliphatic carbocycles. The van der Waals surface area contributed by atoms with E-state index >= 15 is 0 Å². The lowest BCUT2D eigenvalue weighted by atomic mass is 9.96. The molecule has 0 aromatic rings. The molecule has 0 aromatic heterocycles. The molecule has 1 atom stereocenters. The molecule has 1 aliphatic rings. The normalized spacial score (nSPS) is 20.4. The van der Waals surface area contributed by atoms with Crippen LogP contribution in [0.25, 0.3) is 0 Å². The fraction of sp³-hybridized carbons (Fsp3) is 0.833. The summed E-state index contributed by atoms with van der Waals surface area (Å²) in [7, 11) is -2.95. The first-order valence-electron chi connectivity index (χ1n) is 6.69. The first-order chi connectivity index (χ1) is 9.21. The van der Waals surface area contributed by atoms with Crippen LogP contribution in [0.5, 0.6) is 0 Å². The molecule has 0 radical (unpaired) electrons. The number of rotatable bonds is 5. The Morgan fingerprint density at radius 3 is 2.25 bits per heavy atom. The average Bonchev–Trinajstić information content (AvgIpc) is 2.31. The van der Waals surface area contributed by atoms with Crippen LogP contribution < -0.4 is 10.6 Å². The molecule has 2 amide bonds. The van der Waals surface area contributed by atoms with Gasteiger partial charge < -0.3 is 15.7 Å². The summed E-state index contributed by atoms with van der Waals surface area (Å²) in [5, 5.41) is 14.2. The monoisotopic (exact) mass is 306 g/mol. The second kappa shape index (κ2) is 6.92. The van der Waals surface area contributed by atoms with Gasteiger partial charge in [0.2, 0.25) is 0 Å². The van der Waals surface area contributed by atoms with Crippen molar-refractivity contribution in [1.29, 1.82) is 0 Å². The van der Waals surface area contributed by atoms with Gasteiger partial charge in [-0.1, -0.05) is 13.8 Å². The number of carboxylic acid groups (broad SMARTS) is 1. The number of aliphatic carboxylic acids is 1. The predicted molar refractivity (Wildman–Crippen MR) is 74.2 cm³/mol. The summed E-state index contributed by atoms with van der Waals surface area (Å²) in [5.74, 6) is -1.48. The molecule has 0 bridgehead atoms. The maximum Gasteiger partial charge on any atom is 0.315 e. The summed E-state index contributed by atoms with van der Waals surface area (Å²) >= 11 is 0. The van der Waals surface area contributed by atoms with E-state index in [1.54, 1.807) is 13.8 Å². The molecule has 0 aromatic carbocycles. The number of sulfone groups is 1. The van der Waals surface area contributed by atoms with Crippen molar-refractivity contribution < 1.29 is 23.1 Å². The SMILES string of the molecule is CC(C)C(CNC(=O)NC1CCS(=O)(=O)CC1)C(=O)O. The Morgan fingerprint density at radius 2 is 1.80 bits per heavy atom. The number of carboxylic acids is 1. The van der Waals surface area contributed by atoms with Gasteiger partial charge >= 0.3 is 12.0 Å². The number of carbonyl (C=O) groups excluding carboxylic acids is 1. The number of hydrogen-bond acceptors (Lipinski definition) is 4. The highest BCUT2D eigenvalue weighted by Crippen LogP contribution is 2.12. The van der Waals surface area contributed by atoms with E-state index in [4.69, 9.17) is 5.11 Å². The lowest BCUT2D eigenvalue weighted by Gasteiger charge is -2.24. The van der Waals surface area contributed by atoms with E-state index in [2.05, 4.69) is 10.6 Å². The van der Waals surface area contributed by atoms with Gasteiger partial charge in [0, 0.05) is 12.6 Å². The van der Waals surface area contributed by atoms with Crippen molar-refractivity contribution in [2.45, 2.75) is 32.7 Å². The van der Waals surface area contributed by atoms with Gasteiger partial charge in [-0.2, -0.15) is 0 Å². The van der Waals surface area contributed by atoms with Crippen molar-refractivity contribution in [2.75, 3.05) is 18.1 Å². The molecule has 1 aliphatic heterocycles. The zero-order valence-corrected chi connectivity index (χ0v) is 12.6. The molecule has 7 nitrogen and oxygen atoms in total. The third kappa shape index (κ3) is 5.36.